The van der Waals surface area contributed by atoms with E-state index in [1.165, 1.54) is 12.6 Å². The van der Waals surface area contributed by atoms with Crippen molar-refractivity contribution in [2.75, 3.05) is 13.1 Å². The number of aromatic nitrogens is 2. The molecule has 0 spiro atoms. The van der Waals surface area contributed by atoms with Gasteiger partial charge in [0.1, 0.15) is 0 Å². The molecule has 4 heteroatoms. The molecule has 0 N–H and O–H groups in total. The molecule has 0 unspecified atom stereocenters. The monoisotopic (exact) mass is 271 g/mol. The minimum atomic E-state index is 0.00620. The van der Waals surface area contributed by atoms with Crippen molar-refractivity contribution in [1.82, 2.24) is 14.5 Å². The molecule has 1 aliphatic rings. The minimum absolute atomic E-state index is 0.00620. The molecule has 0 aliphatic carbocycles. The van der Waals surface area contributed by atoms with Gasteiger partial charge in [0.15, 0.2) is 0 Å². The van der Waals surface area contributed by atoms with Gasteiger partial charge in [0.2, 0.25) is 0 Å². The van der Waals surface area contributed by atoms with Gasteiger partial charge in [-0.25, -0.2) is 4.98 Å². The summed E-state index contributed by atoms with van der Waals surface area (Å²) in [5.74, 6) is 0.556. The van der Waals surface area contributed by atoms with E-state index in [0.29, 0.717) is 12.0 Å². The summed E-state index contributed by atoms with van der Waals surface area (Å²) in [7, 11) is 0. The fraction of sp³-hybridized carbons (Fsp3) is 0.500. The van der Waals surface area contributed by atoms with E-state index in [0.717, 1.165) is 30.7 Å². The van der Waals surface area contributed by atoms with Crippen molar-refractivity contribution in [3.05, 3.63) is 40.8 Å². The number of hydrogen-bond donors (Lipinski definition) is 0. The smallest absolute Gasteiger partial charge is 0.269 e. The average molecular weight is 271 g/mol. The Balaban J connectivity index is 1.88. The molecule has 1 aliphatic heterocycles. The van der Waals surface area contributed by atoms with Crippen LogP contribution < -0.4 is 5.56 Å². The maximum atomic E-state index is 12.1. The predicted molar refractivity (Wildman–Crippen MR) is 80.8 cm³/mol. The van der Waals surface area contributed by atoms with Gasteiger partial charge in [-0.1, -0.05) is 12.1 Å². The van der Waals surface area contributed by atoms with Crippen LogP contribution >= 0.6 is 0 Å². The van der Waals surface area contributed by atoms with Crippen LogP contribution in [0.2, 0.25) is 0 Å². The second-order valence-electron chi connectivity index (χ2n) is 5.94. The largest absolute Gasteiger partial charge is 0.305 e. The third-order valence-corrected chi connectivity index (χ3v) is 4.24. The van der Waals surface area contributed by atoms with Gasteiger partial charge in [-0.2, -0.15) is 0 Å². The van der Waals surface area contributed by atoms with Gasteiger partial charge in [0.05, 0.1) is 17.2 Å². The molecule has 0 saturated carbocycles. The van der Waals surface area contributed by atoms with Crippen LogP contribution in [0.1, 0.15) is 20.3 Å². The summed E-state index contributed by atoms with van der Waals surface area (Å²) in [5.41, 5.74) is 1.85. The fourth-order valence-corrected chi connectivity index (χ4v) is 3.04. The van der Waals surface area contributed by atoms with Crippen LogP contribution in [0.4, 0.5) is 0 Å². The van der Waals surface area contributed by atoms with Gasteiger partial charge >= 0.3 is 0 Å². The Labute approximate surface area is 119 Å². The quantitative estimate of drug-likeness (QED) is 0.858. The number of benzene rings is 1. The van der Waals surface area contributed by atoms with Crippen molar-refractivity contribution in [2.45, 2.75) is 32.9 Å². The van der Waals surface area contributed by atoms with E-state index in [4.69, 9.17) is 0 Å². The lowest BCUT2D eigenvalue weighted by Crippen LogP contribution is -2.30. The molecule has 0 radical (unpaired) electrons. The molecule has 0 bridgehead atoms. The number of fused-ring (bicyclic) bond motifs is 1. The third-order valence-electron chi connectivity index (χ3n) is 4.24. The average Bonchev–Trinajstić information content (AvgIpc) is 2.91. The number of rotatable bonds is 3. The van der Waals surface area contributed by atoms with E-state index in [2.05, 4.69) is 23.7 Å². The van der Waals surface area contributed by atoms with Crippen LogP contribution in [0, 0.1) is 5.92 Å². The van der Waals surface area contributed by atoms with Gasteiger partial charge < -0.3 is 9.47 Å². The molecular weight excluding hydrogens is 250 g/mol. The van der Waals surface area contributed by atoms with E-state index in [-0.39, 0.29) is 5.56 Å². The molecule has 1 aromatic carbocycles. The summed E-state index contributed by atoms with van der Waals surface area (Å²) in [5, 5.41) is 0. The van der Waals surface area contributed by atoms with Crippen molar-refractivity contribution < 1.29 is 0 Å². The molecule has 1 fully saturated rings. The standard InChI is InChI=1S/C16H21N3O/c1-12(2)18-8-7-13(10-18)11-19-15-6-4-3-5-14(15)17-9-16(19)20/h3-6,9,12-13H,7-8,10-11H2,1-2H3/t13-/m1/s1. The van der Waals surface area contributed by atoms with Crippen molar-refractivity contribution in [2.24, 2.45) is 5.92 Å². The number of nitrogens with zero attached hydrogens (tertiary/aromatic N) is 3. The zero-order valence-corrected chi connectivity index (χ0v) is 12.1. The van der Waals surface area contributed by atoms with E-state index < -0.39 is 0 Å². The number of likely N-dealkylation sites (tertiary alicyclic amines) is 1. The second kappa shape index (κ2) is 5.37. The van der Waals surface area contributed by atoms with Gasteiger partial charge in [-0.05, 0) is 44.9 Å². The normalized spacial score (nSPS) is 20.1. The van der Waals surface area contributed by atoms with Gasteiger partial charge in [0, 0.05) is 19.1 Å². The van der Waals surface area contributed by atoms with Gasteiger partial charge in [0.25, 0.3) is 5.56 Å². The predicted octanol–water partition coefficient (Wildman–Crippen LogP) is 2.13. The highest BCUT2D eigenvalue weighted by Crippen LogP contribution is 2.21. The third kappa shape index (κ3) is 2.48. The zero-order valence-electron chi connectivity index (χ0n) is 12.1. The fourth-order valence-electron chi connectivity index (χ4n) is 3.04. The van der Waals surface area contributed by atoms with Crippen LogP contribution in [-0.4, -0.2) is 33.6 Å². The lowest BCUT2D eigenvalue weighted by atomic mass is 10.1. The Hall–Kier alpha value is -1.68. The van der Waals surface area contributed by atoms with Crippen molar-refractivity contribution >= 4 is 11.0 Å². The maximum absolute atomic E-state index is 12.1. The molecule has 3 rings (SSSR count). The lowest BCUT2D eigenvalue weighted by molar-refractivity contribution is 0.261. The SMILES string of the molecule is CC(C)N1CC[C@@H](Cn2c(=O)cnc3ccccc32)C1. The van der Waals surface area contributed by atoms with E-state index in [9.17, 15) is 4.79 Å². The highest BCUT2D eigenvalue weighted by atomic mass is 16.1. The van der Waals surface area contributed by atoms with Crippen molar-refractivity contribution in [3.8, 4) is 0 Å². The minimum Gasteiger partial charge on any atom is -0.305 e. The summed E-state index contributed by atoms with van der Waals surface area (Å²) < 4.78 is 1.89. The van der Waals surface area contributed by atoms with Crippen LogP contribution in [0.15, 0.2) is 35.3 Å². The molecule has 1 aromatic heterocycles. The Kier molecular flexibility index (Phi) is 3.57. The molecule has 1 atom stereocenters. The molecule has 106 valence electrons. The first kappa shape index (κ1) is 13.3. The summed E-state index contributed by atoms with van der Waals surface area (Å²) >= 11 is 0. The first-order chi connectivity index (χ1) is 9.65. The Morgan fingerprint density at radius 1 is 1.35 bits per heavy atom. The molecule has 20 heavy (non-hydrogen) atoms. The van der Waals surface area contributed by atoms with Crippen LogP contribution in [-0.2, 0) is 6.54 Å². The molecule has 1 saturated heterocycles. The Morgan fingerprint density at radius 3 is 2.90 bits per heavy atom. The molecule has 2 aromatic rings. The topological polar surface area (TPSA) is 38.1 Å². The number of para-hydroxylation sites is 2. The first-order valence-electron chi connectivity index (χ1n) is 7.34. The molecular formula is C16H21N3O. The van der Waals surface area contributed by atoms with E-state index >= 15 is 0 Å². The van der Waals surface area contributed by atoms with E-state index in [1.807, 2.05) is 28.8 Å². The first-order valence-corrected chi connectivity index (χ1v) is 7.34. The van der Waals surface area contributed by atoms with Crippen molar-refractivity contribution in [3.63, 3.8) is 0 Å². The lowest BCUT2D eigenvalue weighted by Gasteiger charge is -2.20. The molecule has 0 amide bonds. The summed E-state index contributed by atoms with van der Waals surface area (Å²) in [6.07, 6.45) is 2.61. The zero-order chi connectivity index (χ0) is 14.1. The summed E-state index contributed by atoms with van der Waals surface area (Å²) in [6, 6.07) is 8.46. The van der Waals surface area contributed by atoms with Crippen LogP contribution in [0.25, 0.3) is 11.0 Å². The maximum Gasteiger partial charge on any atom is 0.269 e. The van der Waals surface area contributed by atoms with Crippen molar-refractivity contribution in [1.29, 1.82) is 0 Å². The highest BCUT2D eigenvalue weighted by Gasteiger charge is 2.25. The Bertz CT molecular complexity index is 662. The van der Waals surface area contributed by atoms with Gasteiger partial charge in [-0.3, -0.25) is 4.79 Å². The molecule has 4 nitrogen and oxygen atoms in total. The van der Waals surface area contributed by atoms with E-state index in [1.54, 1.807) is 0 Å². The summed E-state index contributed by atoms with van der Waals surface area (Å²) in [6.45, 7) is 7.48. The second-order valence-corrected chi connectivity index (χ2v) is 5.94. The van der Waals surface area contributed by atoms with Crippen LogP contribution in [0.3, 0.4) is 0 Å². The molecule has 2 heterocycles. The number of hydrogen-bond acceptors (Lipinski definition) is 3. The Morgan fingerprint density at radius 2 is 2.15 bits per heavy atom. The summed E-state index contributed by atoms with van der Waals surface area (Å²) in [4.78, 5) is 18.8. The van der Waals surface area contributed by atoms with Crippen LogP contribution in [0.5, 0.6) is 0 Å². The highest BCUT2D eigenvalue weighted by molar-refractivity contribution is 5.74. The van der Waals surface area contributed by atoms with Gasteiger partial charge in [-0.15, -0.1) is 0 Å².